The van der Waals surface area contributed by atoms with Crippen LogP contribution in [0.25, 0.3) is 0 Å². The number of Topliss-reactive ketones (excluding diaryl/α,β-unsaturated/α-hetero) is 1. The molecule has 0 atom stereocenters. The first-order chi connectivity index (χ1) is 9.63. The molecule has 0 amide bonds. The topological polar surface area (TPSA) is 72.6 Å². The van der Waals surface area contributed by atoms with Crippen molar-refractivity contribution in [1.82, 2.24) is 0 Å². The van der Waals surface area contributed by atoms with E-state index >= 15 is 0 Å². The molecule has 1 saturated carbocycles. The molecule has 108 valence electrons. The van der Waals surface area contributed by atoms with Crippen LogP contribution in [0.15, 0.2) is 0 Å². The van der Waals surface area contributed by atoms with Crippen LogP contribution in [0.5, 0.6) is 0 Å². The molecule has 2 heterocycles. The number of ether oxygens (including phenoxy) is 1. The van der Waals surface area contributed by atoms with E-state index in [1.165, 1.54) is 18.4 Å². The largest absolute Gasteiger partial charge is 0.465 e. The molecule has 2 fully saturated rings. The summed E-state index contributed by atoms with van der Waals surface area (Å²) in [5, 5.41) is 0.802. The molecule has 1 aliphatic heterocycles. The van der Waals surface area contributed by atoms with Gasteiger partial charge in [-0.1, -0.05) is 0 Å². The number of anilines is 2. The lowest BCUT2D eigenvalue weighted by molar-refractivity contribution is 0.0603. The highest BCUT2D eigenvalue weighted by Crippen LogP contribution is 2.44. The molecule has 2 aliphatic rings. The van der Waals surface area contributed by atoms with Crippen LogP contribution in [0.2, 0.25) is 0 Å². The van der Waals surface area contributed by atoms with Crippen LogP contribution >= 0.6 is 11.3 Å². The van der Waals surface area contributed by atoms with Gasteiger partial charge >= 0.3 is 5.97 Å². The summed E-state index contributed by atoms with van der Waals surface area (Å²) in [6, 6.07) is 0. The summed E-state index contributed by atoms with van der Waals surface area (Å²) < 4.78 is 4.84. The van der Waals surface area contributed by atoms with Crippen molar-refractivity contribution in [2.24, 2.45) is 5.92 Å². The Morgan fingerprint density at radius 3 is 2.50 bits per heavy atom. The van der Waals surface area contributed by atoms with Gasteiger partial charge in [0.2, 0.25) is 0 Å². The summed E-state index contributed by atoms with van der Waals surface area (Å²) in [5.74, 6) is -0.258. The highest BCUT2D eigenvalue weighted by Gasteiger charge is 2.36. The van der Waals surface area contributed by atoms with Gasteiger partial charge in [-0.3, -0.25) is 4.79 Å². The number of esters is 1. The van der Waals surface area contributed by atoms with Gasteiger partial charge in [-0.25, -0.2) is 4.79 Å². The average Bonchev–Trinajstić information content (AvgIpc) is 3.04. The summed E-state index contributed by atoms with van der Waals surface area (Å²) in [7, 11) is 1.34. The van der Waals surface area contributed by atoms with E-state index < -0.39 is 5.97 Å². The normalized spacial score (nSPS) is 18.4. The summed E-state index contributed by atoms with van der Waals surface area (Å²) in [5.41, 5.74) is 6.76. The summed E-state index contributed by atoms with van der Waals surface area (Å²) in [6.45, 7) is 1.81. The molecule has 1 saturated heterocycles. The van der Waals surface area contributed by atoms with Crippen molar-refractivity contribution in [3.05, 3.63) is 10.4 Å². The van der Waals surface area contributed by atoms with Gasteiger partial charge in [0, 0.05) is 19.0 Å². The lowest BCUT2D eigenvalue weighted by atomic mass is 10.1. The van der Waals surface area contributed by atoms with Gasteiger partial charge in [0.15, 0.2) is 5.78 Å². The van der Waals surface area contributed by atoms with E-state index in [1.54, 1.807) is 0 Å². The van der Waals surface area contributed by atoms with Crippen molar-refractivity contribution in [3.8, 4) is 0 Å². The smallest absolute Gasteiger partial charge is 0.343 e. The molecule has 0 spiro atoms. The van der Waals surface area contributed by atoms with Gasteiger partial charge in [-0.2, -0.15) is 0 Å². The zero-order valence-corrected chi connectivity index (χ0v) is 12.3. The number of nitrogen functional groups attached to an aromatic ring is 1. The van der Waals surface area contributed by atoms with Crippen LogP contribution in [-0.2, 0) is 4.74 Å². The molecule has 1 aromatic heterocycles. The molecule has 5 nitrogen and oxygen atoms in total. The van der Waals surface area contributed by atoms with Crippen LogP contribution in [-0.4, -0.2) is 32.0 Å². The number of hydrogen-bond acceptors (Lipinski definition) is 6. The lowest BCUT2D eigenvalue weighted by Crippen LogP contribution is -2.19. The maximum atomic E-state index is 12.3. The van der Waals surface area contributed by atoms with Crippen LogP contribution in [0.1, 0.15) is 45.7 Å². The Hall–Kier alpha value is -1.56. The molecule has 1 aromatic rings. The number of thiophene rings is 1. The van der Waals surface area contributed by atoms with Crippen molar-refractivity contribution in [2.45, 2.75) is 25.7 Å². The molecular formula is C14H18N2O3S. The SMILES string of the molecule is COC(=O)c1c(N2CCCC2)sc(C(=O)C2CC2)c1N. The van der Waals surface area contributed by atoms with Crippen molar-refractivity contribution < 1.29 is 14.3 Å². The molecule has 0 bridgehead atoms. The molecule has 0 radical (unpaired) electrons. The second-order valence-electron chi connectivity index (χ2n) is 5.35. The Bertz CT molecular complexity index is 557. The van der Waals surface area contributed by atoms with Gasteiger partial charge in [0.05, 0.1) is 17.7 Å². The second kappa shape index (κ2) is 5.09. The fraction of sp³-hybridized carbons (Fsp3) is 0.571. The van der Waals surface area contributed by atoms with Gasteiger partial charge in [0.25, 0.3) is 0 Å². The summed E-state index contributed by atoms with van der Waals surface area (Å²) in [6.07, 6.45) is 4.07. The molecule has 0 unspecified atom stereocenters. The number of ketones is 1. The summed E-state index contributed by atoms with van der Waals surface area (Å²) in [4.78, 5) is 27.0. The van der Waals surface area contributed by atoms with Crippen LogP contribution < -0.4 is 10.6 Å². The molecule has 20 heavy (non-hydrogen) atoms. The zero-order chi connectivity index (χ0) is 14.3. The van der Waals surface area contributed by atoms with Gasteiger partial charge < -0.3 is 15.4 Å². The second-order valence-corrected chi connectivity index (χ2v) is 6.35. The Balaban J connectivity index is 2.04. The van der Waals surface area contributed by atoms with E-state index in [-0.39, 0.29) is 11.7 Å². The van der Waals surface area contributed by atoms with E-state index in [9.17, 15) is 9.59 Å². The predicted octanol–water partition coefficient (Wildman–Crippen LogP) is 2.31. The zero-order valence-electron chi connectivity index (χ0n) is 11.5. The first-order valence-corrected chi connectivity index (χ1v) is 7.75. The van der Waals surface area contributed by atoms with E-state index in [4.69, 9.17) is 10.5 Å². The van der Waals surface area contributed by atoms with E-state index in [2.05, 4.69) is 4.90 Å². The van der Waals surface area contributed by atoms with Crippen molar-refractivity contribution >= 4 is 33.8 Å². The highest BCUT2D eigenvalue weighted by atomic mass is 32.1. The standard InChI is InChI=1S/C14H18N2O3S/c1-19-14(18)9-10(15)12(11(17)8-4-5-8)20-13(9)16-6-2-3-7-16/h8H,2-7,15H2,1H3. The van der Waals surface area contributed by atoms with Crippen LogP contribution in [0.4, 0.5) is 10.7 Å². The van der Waals surface area contributed by atoms with Crippen molar-refractivity contribution in [3.63, 3.8) is 0 Å². The molecule has 6 heteroatoms. The first kappa shape index (κ1) is 13.4. The van der Waals surface area contributed by atoms with Gasteiger partial charge in [-0.15, -0.1) is 11.3 Å². The molecule has 3 rings (SSSR count). The van der Waals surface area contributed by atoms with E-state index in [1.807, 2.05) is 0 Å². The third-order valence-corrected chi connectivity index (χ3v) is 5.16. The lowest BCUT2D eigenvalue weighted by Gasteiger charge is -2.16. The van der Waals surface area contributed by atoms with Crippen LogP contribution in [0.3, 0.4) is 0 Å². The average molecular weight is 294 g/mol. The molecule has 0 aromatic carbocycles. The minimum absolute atomic E-state index is 0.0862. The number of carbonyl (C=O) groups is 2. The molecular weight excluding hydrogens is 276 g/mol. The van der Waals surface area contributed by atoms with Gasteiger partial charge in [0.1, 0.15) is 10.6 Å². The quantitative estimate of drug-likeness (QED) is 0.681. The van der Waals surface area contributed by atoms with Crippen molar-refractivity contribution in [1.29, 1.82) is 0 Å². The number of nitrogens with zero attached hydrogens (tertiary/aromatic N) is 1. The third kappa shape index (κ3) is 2.18. The fourth-order valence-electron chi connectivity index (χ4n) is 2.59. The van der Waals surface area contributed by atoms with Crippen LogP contribution in [0, 0.1) is 5.92 Å². The molecule has 2 N–H and O–H groups in total. The summed E-state index contributed by atoms with van der Waals surface area (Å²) >= 11 is 1.35. The Kier molecular flexibility index (Phi) is 3.41. The Labute approximate surface area is 121 Å². The number of carbonyl (C=O) groups excluding carboxylic acids is 2. The van der Waals surface area contributed by atoms with E-state index in [0.29, 0.717) is 16.1 Å². The highest BCUT2D eigenvalue weighted by molar-refractivity contribution is 7.19. The number of hydrogen-bond donors (Lipinski definition) is 1. The fourth-order valence-corrected chi connectivity index (χ4v) is 3.87. The molecule has 1 aliphatic carbocycles. The maximum Gasteiger partial charge on any atom is 0.343 e. The monoisotopic (exact) mass is 294 g/mol. The van der Waals surface area contributed by atoms with Crippen molar-refractivity contribution in [2.75, 3.05) is 30.8 Å². The maximum absolute atomic E-state index is 12.3. The number of methoxy groups -OCH3 is 1. The number of nitrogens with two attached hydrogens (primary N) is 1. The first-order valence-electron chi connectivity index (χ1n) is 6.93. The Morgan fingerprint density at radius 1 is 1.30 bits per heavy atom. The third-order valence-electron chi connectivity index (χ3n) is 3.88. The van der Waals surface area contributed by atoms with Gasteiger partial charge in [-0.05, 0) is 25.7 Å². The van der Waals surface area contributed by atoms with E-state index in [0.717, 1.165) is 43.8 Å². The minimum Gasteiger partial charge on any atom is -0.465 e. The number of rotatable bonds is 4. The Morgan fingerprint density at radius 2 is 1.95 bits per heavy atom. The predicted molar refractivity (Wildman–Crippen MR) is 78.6 cm³/mol. The minimum atomic E-state index is -0.449.